The molecule has 2 aromatic carbocycles. The third kappa shape index (κ3) is 7.09. The van der Waals surface area contributed by atoms with E-state index in [1.165, 1.54) is 0 Å². The first-order valence-corrected chi connectivity index (χ1v) is 10.6. The fourth-order valence-electron chi connectivity index (χ4n) is 3.02. The van der Waals surface area contributed by atoms with Crippen molar-refractivity contribution >= 4 is 29.2 Å². The molecule has 9 nitrogen and oxygen atoms in total. The smallest absolute Gasteiger partial charge is 0.329 e. The van der Waals surface area contributed by atoms with Gasteiger partial charge in [0.2, 0.25) is 0 Å². The van der Waals surface area contributed by atoms with Crippen LogP contribution in [0.5, 0.6) is 0 Å². The largest absolute Gasteiger partial charge is 0.454 e. The highest BCUT2D eigenvalue weighted by Gasteiger charge is 2.27. The lowest BCUT2D eigenvalue weighted by Crippen LogP contribution is -2.46. The molecule has 0 spiro atoms. The fraction of sp³-hybridized carbons (Fsp3) is 0.375. The van der Waals surface area contributed by atoms with Crippen LogP contribution in [0.25, 0.3) is 0 Å². The predicted octanol–water partition coefficient (Wildman–Crippen LogP) is 3.97. The molecule has 182 valence electrons. The standard InChI is InChI=1S/C24H28FN3O6/c1-14(2)21(27-22(30)15-6-8-16(9-7-15)24(3,4)5)23(31)34-13-20(29)26-18-11-10-17(25)12-19(18)28(32)33/h6-12,14,21H,13H2,1-5H3,(H,26,29)(H,27,30). The number of benzene rings is 2. The number of carbonyl (C=O) groups is 3. The van der Waals surface area contributed by atoms with Crippen LogP contribution in [-0.4, -0.2) is 35.4 Å². The molecule has 0 radical (unpaired) electrons. The Bertz CT molecular complexity index is 1080. The van der Waals surface area contributed by atoms with E-state index in [2.05, 4.69) is 31.4 Å². The van der Waals surface area contributed by atoms with Gasteiger partial charge in [-0.05, 0) is 41.2 Å². The van der Waals surface area contributed by atoms with Crippen LogP contribution in [0.1, 0.15) is 50.5 Å². The van der Waals surface area contributed by atoms with Crippen molar-refractivity contribution in [1.29, 1.82) is 0 Å². The second-order valence-electron chi connectivity index (χ2n) is 9.10. The number of hydrogen-bond donors (Lipinski definition) is 2. The molecule has 1 unspecified atom stereocenters. The molecule has 0 saturated carbocycles. The average molecular weight is 474 g/mol. The third-order valence-corrected chi connectivity index (χ3v) is 5.00. The van der Waals surface area contributed by atoms with Crippen LogP contribution >= 0.6 is 0 Å². The van der Waals surface area contributed by atoms with Gasteiger partial charge in [-0.15, -0.1) is 0 Å². The molecular formula is C24H28FN3O6. The SMILES string of the molecule is CC(C)C(NC(=O)c1ccc(C(C)(C)C)cc1)C(=O)OCC(=O)Nc1ccc(F)cc1[N+](=O)[O-]. The van der Waals surface area contributed by atoms with Crippen molar-refractivity contribution in [3.05, 3.63) is 69.5 Å². The second-order valence-corrected chi connectivity index (χ2v) is 9.10. The van der Waals surface area contributed by atoms with Gasteiger partial charge in [0.05, 0.1) is 11.0 Å². The summed E-state index contributed by atoms with van der Waals surface area (Å²) in [5.41, 5.74) is 0.474. The summed E-state index contributed by atoms with van der Waals surface area (Å²) in [6.07, 6.45) is 0. The van der Waals surface area contributed by atoms with Crippen LogP contribution in [0.4, 0.5) is 15.8 Å². The number of anilines is 1. The van der Waals surface area contributed by atoms with E-state index in [1.807, 2.05) is 12.1 Å². The number of halogens is 1. The molecule has 2 aromatic rings. The molecule has 0 aromatic heterocycles. The number of amides is 2. The number of nitrogens with zero attached hydrogens (tertiary/aromatic N) is 1. The van der Waals surface area contributed by atoms with Crippen LogP contribution in [0.15, 0.2) is 42.5 Å². The molecule has 2 amide bonds. The number of carbonyl (C=O) groups excluding carboxylic acids is 3. The Kier molecular flexibility index (Phi) is 8.45. The van der Waals surface area contributed by atoms with Crippen molar-refractivity contribution in [3.8, 4) is 0 Å². The highest BCUT2D eigenvalue weighted by atomic mass is 19.1. The zero-order valence-electron chi connectivity index (χ0n) is 19.7. The van der Waals surface area contributed by atoms with Gasteiger partial charge in [-0.25, -0.2) is 9.18 Å². The quantitative estimate of drug-likeness (QED) is 0.339. The molecule has 2 N–H and O–H groups in total. The number of nitrogens with one attached hydrogen (secondary N) is 2. The van der Waals surface area contributed by atoms with E-state index >= 15 is 0 Å². The van der Waals surface area contributed by atoms with E-state index in [4.69, 9.17) is 4.74 Å². The lowest BCUT2D eigenvalue weighted by molar-refractivity contribution is -0.384. The zero-order chi connectivity index (χ0) is 25.6. The fourth-order valence-corrected chi connectivity index (χ4v) is 3.02. The van der Waals surface area contributed by atoms with Crippen molar-refractivity contribution in [2.75, 3.05) is 11.9 Å². The number of nitro groups is 1. The summed E-state index contributed by atoms with van der Waals surface area (Å²) in [7, 11) is 0. The van der Waals surface area contributed by atoms with Crippen molar-refractivity contribution in [3.63, 3.8) is 0 Å². The summed E-state index contributed by atoms with van der Waals surface area (Å²) in [6.45, 7) is 8.83. The lowest BCUT2D eigenvalue weighted by Gasteiger charge is -2.22. The van der Waals surface area contributed by atoms with Gasteiger partial charge in [-0.3, -0.25) is 19.7 Å². The van der Waals surface area contributed by atoms with Gasteiger partial charge in [0.1, 0.15) is 17.5 Å². The minimum absolute atomic E-state index is 0.0752. The monoisotopic (exact) mass is 473 g/mol. The van der Waals surface area contributed by atoms with Crippen LogP contribution < -0.4 is 10.6 Å². The minimum atomic E-state index is -1.03. The van der Waals surface area contributed by atoms with Gasteiger partial charge in [-0.1, -0.05) is 46.8 Å². The van der Waals surface area contributed by atoms with Crippen LogP contribution in [0.2, 0.25) is 0 Å². The summed E-state index contributed by atoms with van der Waals surface area (Å²) in [6, 6.07) is 8.65. The number of ether oxygens (including phenoxy) is 1. The molecule has 1 atom stereocenters. The third-order valence-electron chi connectivity index (χ3n) is 5.00. The Labute approximate surface area is 196 Å². The maximum absolute atomic E-state index is 13.2. The molecule has 0 aliphatic heterocycles. The molecule has 0 saturated heterocycles. The van der Waals surface area contributed by atoms with Gasteiger partial charge >= 0.3 is 5.97 Å². The number of hydrogen-bond acceptors (Lipinski definition) is 6. The van der Waals surface area contributed by atoms with Crippen molar-refractivity contribution in [2.45, 2.75) is 46.1 Å². The number of rotatable bonds is 8. The highest BCUT2D eigenvalue weighted by Crippen LogP contribution is 2.25. The Morgan fingerprint density at radius 2 is 1.71 bits per heavy atom. The van der Waals surface area contributed by atoms with Gasteiger partial charge < -0.3 is 15.4 Å². The maximum Gasteiger partial charge on any atom is 0.329 e. The summed E-state index contributed by atoms with van der Waals surface area (Å²) >= 11 is 0. The summed E-state index contributed by atoms with van der Waals surface area (Å²) in [4.78, 5) is 47.5. The zero-order valence-corrected chi connectivity index (χ0v) is 19.7. The van der Waals surface area contributed by atoms with Gasteiger partial charge in [0, 0.05) is 5.56 Å². The van der Waals surface area contributed by atoms with Crippen LogP contribution in [0, 0.1) is 21.8 Å². The first kappa shape index (κ1) is 26.4. The van der Waals surface area contributed by atoms with E-state index in [1.54, 1.807) is 26.0 Å². The molecular weight excluding hydrogens is 445 g/mol. The highest BCUT2D eigenvalue weighted by molar-refractivity contribution is 5.98. The molecule has 0 aliphatic rings. The summed E-state index contributed by atoms with van der Waals surface area (Å²) in [5, 5.41) is 15.9. The maximum atomic E-state index is 13.2. The predicted molar refractivity (Wildman–Crippen MR) is 124 cm³/mol. The molecule has 34 heavy (non-hydrogen) atoms. The van der Waals surface area contributed by atoms with Crippen molar-refractivity contribution in [1.82, 2.24) is 5.32 Å². The summed E-state index contributed by atoms with van der Waals surface area (Å²) in [5.74, 6) is -3.33. The van der Waals surface area contributed by atoms with E-state index < -0.39 is 46.9 Å². The van der Waals surface area contributed by atoms with E-state index in [-0.39, 0.29) is 17.0 Å². The Morgan fingerprint density at radius 1 is 1.09 bits per heavy atom. The summed E-state index contributed by atoms with van der Waals surface area (Å²) < 4.78 is 18.3. The van der Waals surface area contributed by atoms with Gasteiger partial charge in [0.15, 0.2) is 6.61 Å². The van der Waals surface area contributed by atoms with Crippen molar-refractivity contribution < 1.29 is 28.4 Å². The van der Waals surface area contributed by atoms with Gasteiger partial charge in [-0.2, -0.15) is 0 Å². The average Bonchev–Trinajstić information content (AvgIpc) is 2.76. The topological polar surface area (TPSA) is 128 Å². The Balaban J connectivity index is 2.00. The van der Waals surface area contributed by atoms with E-state index in [0.29, 0.717) is 11.6 Å². The lowest BCUT2D eigenvalue weighted by atomic mass is 9.86. The first-order valence-electron chi connectivity index (χ1n) is 10.6. The normalized spacial score (nSPS) is 12.1. The van der Waals surface area contributed by atoms with Crippen LogP contribution in [0.3, 0.4) is 0 Å². The van der Waals surface area contributed by atoms with Crippen LogP contribution in [-0.2, 0) is 19.7 Å². The van der Waals surface area contributed by atoms with E-state index in [9.17, 15) is 28.9 Å². The van der Waals surface area contributed by atoms with Crippen molar-refractivity contribution in [2.24, 2.45) is 5.92 Å². The molecule has 2 rings (SSSR count). The number of esters is 1. The van der Waals surface area contributed by atoms with E-state index in [0.717, 1.165) is 17.7 Å². The molecule has 0 aliphatic carbocycles. The van der Waals surface area contributed by atoms with Gasteiger partial charge in [0.25, 0.3) is 17.5 Å². The minimum Gasteiger partial charge on any atom is -0.454 e. The molecule has 10 heteroatoms. The Morgan fingerprint density at radius 3 is 2.24 bits per heavy atom. The molecule has 0 heterocycles. The second kappa shape index (κ2) is 10.9. The number of nitro benzene ring substituents is 1. The first-order chi connectivity index (χ1) is 15.8. The Hall–Kier alpha value is -3.82. The molecule has 0 fully saturated rings. The molecule has 0 bridgehead atoms.